The van der Waals surface area contributed by atoms with Crippen LogP contribution in [-0.2, 0) is 6.54 Å². The zero-order valence-corrected chi connectivity index (χ0v) is 9.83. The molecule has 1 aromatic carbocycles. The third-order valence-corrected chi connectivity index (χ3v) is 2.07. The first-order valence-corrected chi connectivity index (χ1v) is 5.40. The van der Waals surface area contributed by atoms with Crippen LogP contribution in [0.1, 0.15) is 12.5 Å². The number of rotatable bonds is 7. The third-order valence-electron chi connectivity index (χ3n) is 2.07. The van der Waals surface area contributed by atoms with Crippen LogP contribution in [0, 0.1) is 0 Å². The lowest BCUT2D eigenvalue weighted by molar-refractivity contribution is 0.358. The van der Waals surface area contributed by atoms with Crippen molar-refractivity contribution in [2.24, 2.45) is 0 Å². The number of ether oxygens (including phenoxy) is 1. The molecule has 86 valence electrons. The molecule has 1 aromatic rings. The summed E-state index contributed by atoms with van der Waals surface area (Å²) in [5.74, 6) is 0.914. The van der Waals surface area contributed by atoms with Gasteiger partial charge in [0.1, 0.15) is 12.4 Å². The molecule has 1 N–H and O–H groups in total. The van der Waals surface area contributed by atoms with Crippen molar-refractivity contribution < 1.29 is 4.74 Å². The Hall–Kier alpha value is -1.54. The molecule has 0 radical (unpaired) electrons. The molecule has 0 aromatic heterocycles. The molecular weight excluding hydrogens is 198 g/mol. The number of para-hydroxylation sites is 1. The van der Waals surface area contributed by atoms with Crippen LogP contribution in [0.2, 0.25) is 0 Å². The third kappa shape index (κ3) is 4.32. The van der Waals surface area contributed by atoms with Crippen LogP contribution in [0.4, 0.5) is 0 Å². The molecule has 0 amide bonds. The van der Waals surface area contributed by atoms with Gasteiger partial charge >= 0.3 is 0 Å². The molecule has 2 heteroatoms. The predicted octanol–water partition coefficient (Wildman–Crippen LogP) is 2.92. The summed E-state index contributed by atoms with van der Waals surface area (Å²) >= 11 is 0. The van der Waals surface area contributed by atoms with E-state index >= 15 is 0 Å². The molecule has 0 bridgehead atoms. The number of hydrogen-bond acceptors (Lipinski definition) is 2. The Balaban J connectivity index is 2.56. The fourth-order valence-electron chi connectivity index (χ4n) is 1.35. The Bertz CT molecular complexity index is 358. The summed E-state index contributed by atoms with van der Waals surface area (Å²) in [5.41, 5.74) is 2.29. The molecule has 16 heavy (non-hydrogen) atoms. The van der Waals surface area contributed by atoms with Gasteiger partial charge in [-0.2, -0.15) is 0 Å². The summed E-state index contributed by atoms with van der Waals surface area (Å²) in [4.78, 5) is 0. The van der Waals surface area contributed by atoms with Crippen molar-refractivity contribution in [2.75, 3.05) is 13.2 Å². The van der Waals surface area contributed by atoms with Gasteiger partial charge < -0.3 is 10.1 Å². The van der Waals surface area contributed by atoms with Crippen molar-refractivity contribution in [1.82, 2.24) is 5.32 Å². The van der Waals surface area contributed by atoms with Gasteiger partial charge in [-0.15, -0.1) is 0 Å². The fraction of sp³-hybridized carbons (Fsp3) is 0.286. The van der Waals surface area contributed by atoms with Gasteiger partial charge in [0.2, 0.25) is 0 Å². The highest BCUT2D eigenvalue weighted by Gasteiger charge is 2.01. The summed E-state index contributed by atoms with van der Waals surface area (Å²) in [6, 6.07) is 8.02. The summed E-state index contributed by atoms with van der Waals surface area (Å²) in [7, 11) is 0. The first-order valence-electron chi connectivity index (χ1n) is 5.40. The Morgan fingerprint density at radius 3 is 2.88 bits per heavy atom. The van der Waals surface area contributed by atoms with Crippen molar-refractivity contribution in [3.63, 3.8) is 0 Å². The predicted molar refractivity (Wildman–Crippen MR) is 68.7 cm³/mol. The maximum absolute atomic E-state index is 5.56. The first-order chi connectivity index (χ1) is 7.74. The lowest BCUT2D eigenvalue weighted by Crippen LogP contribution is -2.15. The molecule has 1 rings (SSSR count). The van der Waals surface area contributed by atoms with E-state index in [-0.39, 0.29) is 0 Å². The Kier molecular flexibility index (Phi) is 5.37. The smallest absolute Gasteiger partial charge is 0.124 e. The van der Waals surface area contributed by atoms with Crippen LogP contribution >= 0.6 is 0 Å². The first kappa shape index (κ1) is 12.5. The maximum atomic E-state index is 5.56. The van der Waals surface area contributed by atoms with E-state index in [1.807, 2.05) is 25.1 Å². The average molecular weight is 217 g/mol. The second-order valence-electron chi connectivity index (χ2n) is 3.77. The van der Waals surface area contributed by atoms with Crippen molar-refractivity contribution >= 4 is 0 Å². The second-order valence-corrected chi connectivity index (χ2v) is 3.77. The fourth-order valence-corrected chi connectivity index (χ4v) is 1.35. The van der Waals surface area contributed by atoms with Crippen LogP contribution in [-0.4, -0.2) is 13.2 Å². The van der Waals surface area contributed by atoms with Gasteiger partial charge in [0, 0.05) is 18.7 Å². The summed E-state index contributed by atoms with van der Waals surface area (Å²) in [6.45, 7) is 11.7. The van der Waals surface area contributed by atoms with Crippen molar-refractivity contribution in [2.45, 2.75) is 13.5 Å². The molecular formula is C14H19NO. The molecule has 2 nitrogen and oxygen atoms in total. The van der Waals surface area contributed by atoms with Crippen molar-refractivity contribution in [1.29, 1.82) is 0 Å². The average Bonchev–Trinajstić information content (AvgIpc) is 2.27. The van der Waals surface area contributed by atoms with Crippen molar-refractivity contribution in [3.05, 3.63) is 54.6 Å². The second kappa shape index (κ2) is 6.85. The van der Waals surface area contributed by atoms with E-state index in [0.29, 0.717) is 6.61 Å². The molecule has 0 unspecified atom stereocenters. The molecule has 0 spiro atoms. The molecule has 0 heterocycles. The maximum Gasteiger partial charge on any atom is 0.124 e. The van der Waals surface area contributed by atoms with E-state index in [1.165, 1.54) is 0 Å². The van der Waals surface area contributed by atoms with Gasteiger partial charge in [0.15, 0.2) is 0 Å². The van der Waals surface area contributed by atoms with Gasteiger partial charge in [0.05, 0.1) is 0 Å². The topological polar surface area (TPSA) is 21.3 Å². The highest BCUT2D eigenvalue weighted by molar-refractivity contribution is 5.33. The van der Waals surface area contributed by atoms with Gasteiger partial charge in [-0.25, -0.2) is 0 Å². The van der Waals surface area contributed by atoms with Gasteiger partial charge in [0.25, 0.3) is 0 Å². The van der Waals surface area contributed by atoms with E-state index in [0.717, 1.165) is 30.0 Å². The molecule has 0 aliphatic carbocycles. The molecule has 0 aliphatic rings. The van der Waals surface area contributed by atoms with Gasteiger partial charge in [-0.3, -0.25) is 0 Å². The minimum atomic E-state index is 0.539. The lowest BCUT2D eigenvalue weighted by atomic mass is 10.2. The Morgan fingerprint density at radius 1 is 1.44 bits per heavy atom. The van der Waals surface area contributed by atoms with Crippen LogP contribution in [0.5, 0.6) is 5.75 Å². The number of hydrogen-bond donors (Lipinski definition) is 1. The Labute approximate surface area is 97.6 Å². The van der Waals surface area contributed by atoms with Crippen LogP contribution < -0.4 is 10.1 Å². The van der Waals surface area contributed by atoms with E-state index in [9.17, 15) is 0 Å². The standard InChI is InChI=1S/C14H19NO/c1-4-9-16-14-8-6-5-7-13(14)11-15-10-12(2)3/h4-8,15H,1-2,9-11H2,3H3. The van der Waals surface area contributed by atoms with Crippen molar-refractivity contribution in [3.8, 4) is 5.75 Å². The summed E-state index contributed by atoms with van der Waals surface area (Å²) < 4.78 is 5.56. The molecule has 0 saturated heterocycles. The van der Waals surface area contributed by atoms with E-state index in [2.05, 4.69) is 24.5 Å². The molecule has 0 fully saturated rings. The highest BCUT2D eigenvalue weighted by atomic mass is 16.5. The normalized spacial score (nSPS) is 9.81. The molecule has 0 aliphatic heterocycles. The van der Waals surface area contributed by atoms with E-state index in [4.69, 9.17) is 4.74 Å². The summed E-state index contributed by atoms with van der Waals surface area (Å²) in [6.07, 6.45) is 1.75. The quantitative estimate of drug-likeness (QED) is 0.709. The monoisotopic (exact) mass is 217 g/mol. The van der Waals surface area contributed by atoms with Gasteiger partial charge in [-0.1, -0.05) is 43.0 Å². The SMILES string of the molecule is C=CCOc1ccccc1CNCC(=C)C. The lowest BCUT2D eigenvalue weighted by Gasteiger charge is -2.10. The highest BCUT2D eigenvalue weighted by Crippen LogP contribution is 2.17. The largest absolute Gasteiger partial charge is 0.489 e. The van der Waals surface area contributed by atoms with Gasteiger partial charge in [-0.05, 0) is 13.0 Å². The van der Waals surface area contributed by atoms with Crippen LogP contribution in [0.3, 0.4) is 0 Å². The number of benzene rings is 1. The minimum Gasteiger partial charge on any atom is -0.489 e. The van der Waals surface area contributed by atoms with E-state index in [1.54, 1.807) is 6.08 Å². The molecule has 0 saturated carbocycles. The number of nitrogens with one attached hydrogen (secondary N) is 1. The van der Waals surface area contributed by atoms with Crippen LogP contribution in [0.25, 0.3) is 0 Å². The minimum absolute atomic E-state index is 0.539. The van der Waals surface area contributed by atoms with E-state index < -0.39 is 0 Å². The zero-order chi connectivity index (χ0) is 11.8. The van der Waals surface area contributed by atoms with Crippen LogP contribution in [0.15, 0.2) is 49.1 Å². The zero-order valence-electron chi connectivity index (χ0n) is 9.83. The summed E-state index contributed by atoms with van der Waals surface area (Å²) in [5, 5.41) is 3.31. The molecule has 0 atom stereocenters. The Morgan fingerprint density at radius 2 is 2.19 bits per heavy atom.